The Balaban J connectivity index is 1.51. The summed E-state index contributed by atoms with van der Waals surface area (Å²) in [7, 11) is 1.89. The minimum Gasteiger partial charge on any atom is -0.342 e. The maximum atomic E-state index is 12.6. The zero-order chi connectivity index (χ0) is 19.4. The number of anilines is 1. The Morgan fingerprint density at radius 1 is 1.33 bits per heavy atom. The second-order valence-electron chi connectivity index (χ2n) is 7.12. The first kappa shape index (κ1) is 20.0. The number of nitrogens with one attached hydrogen (secondary N) is 1. The molecule has 8 heteroatoms. The summed E-state index contributed by atoms with van der Waals surface area (Å²) in [5.74, 6) is -0.0781. The minimum absolute atomic E-state index is 0.0828. The van der Waals surface area contributed by atoms with E-state index < -0.39 is 0 Å². The number of likely N-dealkylation sites (N-methyl/N-ethyl adjacent to an activating group) is 1. The topological polar surface area (TPSA) is 65.5 Å². The molecule has 1 saturated heterocycles. The first-order valence-corrected chi connectivity index (χ1v) is 11.0. The summed E-state index contributed by atoms with van der Waals surface area (Å²) in [5, 5.41) is 7.03. The Bertz CT molecular complexity index is 765. The lowest BCUT2D eigenvalue weighted by Crippen LogP contribution is -2.47. The van der Waals surface area contributed by atoms with E-state index in [9.17, 15) is 9.59 Å². The Kier molecular flexibility index (Phi) is 6.62. The third kappa shape index (κ3) is 5.15. The van der Waals surface area contributed by atoms with Crippen molar-refractivity contribution in [2.24, 2.45) is 0 Å². The van der Waals surface area contributed by atoms with Gasteiger partial charge in [-0.15, -0.1) is 22.7 Å². The van der Waals surface area contributed by atoms with Gasteiger partial charge in [-0.3, -0.25) is 14.9 Å². The quantitative estimate of drug-likeness (QED) is 0.799. The molecule has 1 N–H and O–H groups in total. The zero-order valence-electron chi connectivity index (χ0n) is 16.0. The van der Waals surface area contributed by atoms with Crippen molar-refractivity contribution in [2.75, 3.05) is 25.5 Å². The molecule has 6 nitrogen and oxygen atoms in total. The minimum atomic E-state index is -0.161. The smallest absolute Gasteiger partial charge is 0.267 e. The number of likely N-dealkylation sites (tertiary alicyclic amines) is 1. The monoisotopic (exact) mass is 406 g/mol. The van der Waals surface area contributed by atoms with Crippen molar-refractivity contribution in [1.29, 1.82) is 0 Å². The zero-order valence-corrected chi connectivity index (χ0v) is 17.6. The van der Waals surface area contributed by atoms with Gasteiger partial charge in [-0.1, -0.05) is 6.07 Å². The van der Waals surface area contributed by atoms with Crippen LogP contribution in [0.15, 0.2) is 22.9 Å². The number of hydrogen-bond donors (Lipinski definition) is 1. The molecule has 0 atom stereocenters. The number of thiophene rings is 1. The molecule has 2 aromatic heterocycles. The molecule has 1 aliphatic rings. The summed E-state index contributed by atoms with van der Waals surface area (Å²) >= 11 is 2.74. The molecule has 0 bridgehead atoms. The largest absolute Gasteiger partial charge is 0.342 e. The molecule has 27 heavy (non-hydrogen) atoms. The number of aromatic nitrogens is 1. The molecule has 3 heterocycles. The van der Waals surface area contributed by atoms with Crippen molar-refractivity contribution in [3.8, 4) is 0 Å². The molecular formula is C19H26N4O2S2. The van der Waals surface area contributed by atoms with Gasteiger partial charge in [-0.25, -0.2) is 4.98 Å². The summed E-state index contributed by atoms with van der Waals surface area (Å²) in [6.45, 7) is 6.50. The van der Waals surface area contributed by atoms with Gasteiger partial charge in [0.1, 0.15) is 0 Å². The Morgan fingerprint density at radius 2 is 2.07 bits per heavy atom. The van der Waals surface area contributed by atoms with E-state index in [1.807, 2.05) is 28.8 Å². The van der Waals surface area contributed by atoms with Crippen LogP contribution < -0.4 is 5.32 Å². The van der Waals surface area contributed by atoms with Gasteiger partial charge in [-0.05, 0) is 38.1 Å². The number of thiazole rings is 1. The highest BCUT2D eigenvalue weighted by atomic mass is 32.1. The molecular weight excluding hydrogens is 380 g/mol. The van der Waals surface area contributed by atoms with Crippen LogP contribution in [0.25, 0.3) is 0 Å². The van der Waals surface area contributed by atoms with Crippen LogP contribution in [0.4, 0.5) is 5.13 Å². The van der Waals surface area contributed by atoms with Crippen LogP contribution in [-0.4, -0.2) is 58.8 Å². The lowest BCUT2D eigenvalue weighted by Gasteiger charge is -2.38. The average Bonchev–Trinajstić information content (AvgIpc) is 3.33. The van der Waals surface area contributed by atoms with Gasteiger partial charge in [0.15, 0.2) is 5.13 Å². The van der Waals surface area contributed by atoms with Gasteiger partial charge in [-0.2, -0.15) is 0 Å². The number of piperidine rings is 1. The van der Waals surface area contributed by atoms with Gasteiger partial charge in [0.05, 0.1) is 17.0 Å². The SMILES string of the molecule is CC(C)N1CCC(N(C)C(=O)Cc2csc(NC(=O)c3cccs3)n2)CC1. The number of amides is 2. The molecule has 2 amide bonds. The molecule has 0 unspecified atom stereocenters. The Morgan fingerprint density at radius 3 is 2.70 bits per heavy atom. The number of hydrogen-bond acceptors (Lipinski definition) is 6. The third-order valence-corrected chi connectivity index (χ3v) is 6.70. The van der Waals surface area contributed by atoms with E-state index in [4.69, 9.17) is 0 Å². The van der Waals surface area contributed by atoms with E-state index >= 15 is 0 Å². The van der Waals surface area contributed by atoms with Crippen LogP contribution in [0, 0.1) is 0 Å². The first-order chi connectivity index (χ1) is 12.9. The fraction of sp³-hybridized carbons (Fsp3) is 0.526. The highest BCUT2D eigenvalue weighted by molar-refractivity contribution is 7.14. The Hall–Kier alpha value is -1.77. The number of rotatable bonds is 6. The van der Waals surface area contributed by atoms with E-state index in [0.717, 1.165) is 25.9 Å². The van der Waals surface area contributed by atoms with Crippen molar-refractivity contribution in [3.63, 3.8) is 0 Å². The second kappa shape index (κ2) is 8.95. The van der Waals surface area contributed by atoms with Gasteiger partial charge >= 0.3 is 0 Å². The van der Waals surface area contributed by atoms with Crippen LogP contribution in [0.5, 0.6) is 0 Å². The Labute approximate surface area is 168 Å². The highest BCUT2D eigenvalue weighted by Gasteiger charge is 2.26. The summed E-state index contributed by atoms with van der Waals surface area (Å²) < 4.78 is 0. The summed E-state index contributed by atoms with van der Waals surface area (Å²) in [6, 6.07) is 4.47. The predicted molar refractivity (Wildman–Crippen MR) is 111 cm³/mol. The van der Waals surface area contributed by atoms with E-state index in [1.165, 1.54) is 22.7 Å². The van der Waals surface area contributed by atoms with Crippen molar-refractivity contribution < 1.29 is 9.59 Å². The van der Waals surface area contributed by atoms with Gasteiger partial charge in [0, 0.05) is 37.6 Å². The van der Waals surface area contributed by atoms with Crippen molar-refractivity contribution in [3.05, 3.63) is 33.5 Å². The number of nitrogens with zero attached hydrogens (tertiary/aromatic N) is 3. The van der Waals surface area contributed by atoms with Crippen LogP contribution in [0.1, 0.15) is 42.1 Å². The van der Waals surface area contributed by atoms with Gasteiger partial charge in [0.25, 0.3) is 5.91 Å². The molecule has 1 fully saturated rings. The lowest BCUT2D eigenvalue weighted by molar-refractivity contribution is -0.132. The number of carbonyl (C=O) groups is 2. The van der Waals surface area contributed by atoms with Crippen LogP contribution in [0.3, 0.4) is 0 Å². The molecule has 3 rings (SSSR count). The van der Waals surface area contributed by atoms with Crippen molar-refractivity contribution in [1.82, 2.24) is 14.8 Å². The maximum absolute atomic E-state index is 12.6. The lowest BCUT2D eigenvalue weighted by atomic mass is 10.0. The van der Waals surface area contributed by atoms with Crippen molar-refractivity contribution >= 4 is 39.6 Å². The normalized spacial score (nSPS) is 15.9. The van der Waals surface area contributed by atoms with Crippen molar-refractivity contribution in [2.45, 2.75) is 45.2 Å². The van der Waals surface area contributed by atoms with Gasteiger partial charge < -0.3 is 9.80 Å². The third-order valence-electron chi connectivity index (χ3n) is 5.02. The van der Waals surface area contributed by atoms with Crippen LogP contribution in [0.2, 0.25) is 0 Å². The fourth-order valence-corrected chi connectivity index (χ4v) is 4.61. The maximum Gasteiger partial charge on any atom is 0.267 e. The molecule has 146 valence electrons. The second-order valence-corrected chi connectivity index (χ2v) is 8.92. The fourth-order valence-electron chi connectivity index (χ4n) is 3.28. The summed E-state index contributed by atoms with van der Waals surface area (Å²) in [4.78, 5) is 34.1. The van der Waals surface area contributed by atoms with Crippen LogP contribution in [-0.2, 0) is 11.2 Å². The van der Waals surface area contributed by atoms with E-state index in [1.54, 1.807) is 6.07 Å². The van der Waals surface area contributed by atoms with Gasteiger partial charge in [0.2, 0.25) is 5.91 Å². The number of carbonyl (C=O) groups excluding carboxylic acids is 2. The average molecular weight is 407 g/mol. The standard InChI is InChI=1S/C19H26N4O2S2/c1-13(2)23-8-6-15(7-9-23)22(3)17(24)11-14-12-27-19(20-14)21-18(25)16-5-4-10-26-16/h4-5,10,12-13,15H,6-9,11H2,1-3H3,(H,20,21,25). The van der Waals surface area contributed by atoms with E-state index in [-0.39, 0.29) is 18.2 Å². The first-order valence-electron chi connectivity index (χ1n) is 9.23. The molecule has 2 aromatic rings. The van der Waals surface area contributed by atoms with Crippen LogP contribution >= 0.6 is 22.7 Å². The molecule has 0 saturated carbocycles. The molecule has 1 aliphatic heterocycles. The van der Waals surface area contributed by atoms with E-state index in [2.05, 4.69) is 29.0 Å². The molecule has 0 aliphatic carbocycles. The highest BCUT2D eigenvalue weighted by Crippen LogP contribution is 2.21. The van der Waals surface area contributed by atoms with E-state index in [0.29, 0.717) is 27.8 Å². The molecule has 0 aromatic carbocycles. The molecule has 0 radical (unpaired) electrons. The predicted octanol–water partition coefficient (Wildman–Crippen LogP) is 3.33. The molecule has 0 spiro atoms. The summed E-state index contributed by atoms with van der Waals surface area (Å²) in [5.41, 5.74) is 0.706. The summed E-state index contributed by atoms with van der Waals surface area (Å²) in [6.07, 6.45) is 2.30.